The standard InChI is InChI=1S/C8H4F6O.Na.H/c9-7(10,11)4-1-5(8(12,13)14)3-6(15)2-4;;/h1-3,15H;;. The third-order valence-electron chi connectivity index (χ3n) is 1.57. The van der Waals surface area contributed by atoms with Crippen molar-refractivity contribution in [3.63, 3.8) is 0 Å². The fourth-order valence-electron chi connectivity index (χ4n) is 0.939. The molecule has 0 fully saturated rings. The molecule has 0 spiro atoms. The second-order valence-electron chi connectivity index (χ2n) is 2.76. The maximum absolute atomic E-state index is 12.1. The quantitative estimate of drug-likeness (QED) is 0.557. The van der Waals surface area contributed by atoms with E-state index < -0.39 is 29.2 Å². The molecule has 0 bridgehead atoms. The molecule has 1 aromatic carbocycles. The zero-order valence-electron chi connectivity index (χ0n) is 6.95. The number of hydrogen-bond acceptors (Lipinski definition) is 1. The van der Waals surface area contributed by atoms with Gasteiger partial charge in [-0.15, -0.1) is 0 Å². The topological polar surface area (TPSA) is 20.2 Å². The Morgan fingerprint density at radius 3 is 1.31 bits per heavy atom. The van der Waals surface area contributed by atoms with Gasteiger partial charge in [0.1, 0.15) is 5.75 Å². The van der Waals surface area contributed by atoms with Crippen LogP contribution in [-0.4, -0.2) is 34.7 Å². The van der Waals surface area contributed by atoms with Gasteiger partial charge in [-0.25, -0.2) is 0 Å². The number of benzene rings is 1. The Kier molecular flexibility index (Phi) is 4.73. The molecule has 0 atom stereocenters. The monoisotopic (exact) mass is 254 g/mol. The Bertz CT molecular complexity index is 338. The van der Waals surface area contributed by atoms with Crippen molar-refractivity contribution in [2.45, 2.75) is 12.4 Å². The Hall–Kier alpha value is -0.400. The van der Waals surface area contributed by atoms with Gasteiger partial charge >= 0.3 is 41.9 Å². The predicted octanol–water partition coefficient (Wildman–Crippen LogP) is 2.78. The Balaban J connectivity index is 0.00000225. The molecule has 0 aliphatic heterocycles. The molecular weight excluding hydrogens is 249 g/mol. The van der Waals surface area contributed by atoms with E-state index in [1.165, 1.54) is 0 Å². The fraction of sp³-hybridized carbons (Fsp3) is 0.250. The minimum atomic E-state index is -4.92. The van der Waals surface area contributed by atoms with Gasteiger partial charge in [-0.05, 0) is 18.2 Å². The first-order valence-electron chi connectivity index (χ1n) is 3.59. The number of halogens is 6. The molecule has 1 nitrogen and oxygen atoms in total. The minimum absolute atomic E-state index is 0. The molecule has 0 aromatic heterocycles. The zero-order chi connectivity index (χ0) is 11.9. The maximum atomic E-state index is 12.1. The van der Waals surface area contributed by atoms with Crippen LogP contribution < -0.4 is 0 Å². The molecule has 0 unspecified atom stereocenters. The van der Waals surface area contributed by atoms with Crippen molar-refractivity contribution < 1.29 is 31.4 Å². The van der Waals surface area contributed by atoms with Crippen molar-refractivity contribution in [2.24, 2.45) is 0 Å². The van der Waals surface area contributed by atoms with Gasteiger partial charge in [0, 0.05) is 0 Å². The van der Waals surface area contributed by atoms with Crippen LogP contribution in [0, 0.1) is 0 Å². The average molecular weight is 254 g/mol. The van der Waals surface area contributed by atoms with Crippen molar-refractivity contribution in [2.75, 3.05) is 0 Å². The number of phenolic OH excluding ortho intramolecular Hbond substituents is 1. The number of rotatable bonds is 0. The number of alkyl halides is 6. The van der Waals surface area contributed by atoms with Crippen LogP contribution in [0.25, 0.3) is 0 Å². The van der Waals surface area contributed by atoms with Gasteiger partial charge in [0.25, 0.3) is 0 Å². The van der Waals surface area contributed by atoms with E-state index in [1.54, 1.807) is 0 Å². The first kappa shape index (κ1) is 15.6. The van der Waals surface area contributed by atoms with Crippen molar-refractivity contribution in [1.29, 1.82) is 0 Å². The van der Waals surface area contributed by atoms with E-state index in [-0.39, 0.29) is 47.8 Å². The van der Waals surface area contributed by atoms with Crippen LogP contribution in [0.2, 0.25) is 0 Å². The summed E-state index contributed by atoms with van der Waals surface area (Å²) in [6.45, 7) is 0. The van der Waals surface area contributed by atoms with Gasteiger partial charge in [-0.2, -0.15) is 26.3 Å². The van der Waals surface area contributed by atoms with Gasteiger partial charge in [0.15, 0.2) is 0 Å². The zero-order valence-corrected chi connectivity index (χ0v) is 6.95. The Morgan fingerprint density at radius 1 is 0.750 bits per heavy atom. The number of phenols is 1. The summed E-state index contributed by atoms with van der Waals surface area (Å²) in [5, 5.41) is 8.72. The van der Waals surface area contributed by atoms with Crippen LogP contribution in [0.15, 0.2) is 18.2 Å². The second kappa shape index (κ2) is 4.85. The molecule has 0 saturated carbocycles. The van der Waals surface area contributed by atoms with E-state index in [1.807, 2.05) is 0 Å². The second-order valence-corrected chi connectivity index (χ2v) is 2.76. The molecule has 0 aliphatic carbocycles. The number of hydrogen-bond donors (Lipinski definition) is 1. The summed E-state index contributed by atoms with van der Waals surface area (Å²) < 4.78 is 72.3. The first-order valence-corrected chi connectivity index (χ1v) is 3.59. The Labute approximate surface area is 108 Å². The van der Waals surface area contributed by atoms with Crippen molar-refractivity contribution in [3.8, 4) is 5.75 Å². The molecule has 0 heterocycles. The number of aromatic hydroxyl groups is 1. The molecule has 1 N–H and O–H groups in total. The summed E-state index contributed by atoms with van der Waals surface area (Å²) in [7, 11) is 0. The van der Waals surface area contributed by atoms with E-state index in [9.17, 15) is 26.3 Å². The molecule has 1 rings (SSSR count). The van der Waals surface area contributed by atoms with Crippen LogP contribution in [0.3, 0.4) is 0 Å². The van der Waals surface area contributed by atoms with Gasteiger partial charge < -0.3 is 5.11 Å². The molecule has 16 heavy (non-hydrogen) atoms. The third kappa shape index (κ3) is 3.88. The van der Waals surface area contributed by atoms with Crippen molar-refractivity contribution >= 4 is 29.6 Å². The molecule has 8 heteroatoms. The Morgan fingerprint density at radius 2 is 1.06 bits per heavy atom. The molecular formula is C8H5F6NaO. The van der Waals surface area contributed by atoms with Gasteiger partial charge in [0.05, 0.1) is 11.1 Å². The summed E-state index contributed by atoms with van der Waals surface area (Å²) in [5.74, 6) is -1.07. The normalized spacial score (nSPS) is 12.1. The predicted molar refractivity (Wildman–Crippen MR) is 45.3 cm³/mol. The van der Waals surface area contributed by atoms with Crippen LogP contribution in [0.5, 0.6) is 5.75 Å². The van der Waals surface area contributed by atoms with Crippen LogP contribution >= 0.6 is 0 Å². The average Bonchev–Trinajstić information content (AvgIpc) is 1.99. The van der Waals surface area contributed by atoms with E-state index >= 15 is 0 Å². The van der Waals surface area contributed by atoms with Crippen LogP contribution in [0.1, 0.15) is 11.1 Å². The molecule has 0 amide bonds. The van der Waals surface area contributed by atoms with Gasteiger partial charge in [-0.3, -0.25) is 0 Å². The van der Waals surface area contributed by atoms with E-state index in [0.717, 1.165) is 0 Å². The van der Waals surface area contributed by atoms with E-state index in [2.05, 4.69) is 0 Å². The molecule has 0 saturated heterocycles. The van der Waals surface area contributed by atoms with Crippen molar-refractivity contribution in [3.05, 3.63) is 29.3 Å². The summed E-state index contributed by atoms with van der Waals surface area (Å²) in [6.07, 6.45) is -9.84. The summed E-state index contributed by atoms with van der Waals surface area (Å²) in [4.78, 5) is 0. The van der Waals surface area contributed by atoms with Gasteiger partial charge in [0.2, 0.25) is 0 Å². The third-order valence-corrected chi connectivity index (χ3v) is 1.57. The van der Waals surface area contributed by atoms with E-state index in [4.69, 9.17) is 5.11 Å². The fourth-order valence-corrected chi connectivity index (χ4v) is 0.939. The first-order chi connectivity index (χ1) is 6.60. The SMILES string of the molecule is Oc1cc(C(F)(F)F)cc(C(F)(F)F)c1.[NaH]. The molecule has 1 aromatic rings. The molecule has 0 radical (unpaired) electrons. The van der Waals surface area contributed by atoms with E-state index in [0.29, 0.717) is 0 Å². The van der Waals surface area contributed by atoms with Crippen LogP contribution in [0.4, 0.5) is 26.3 Å². The molecule has 86 valence electrons. The van der Waals surface area contributed by atoms with Crippen LogP contribution in [-0.2, 0) is 12.4 Å². The molecule has 0 aliphatic rings. The summed E-state index contributed by atoms with van der Waals surface area (Å²) >= 11 is 0. The summed E-state index contributed by atoms with van der Waals surface area (Å²) in [5.41, 5.74) is -3.07. The summed E-state index contributed by atoms with van der Waals surface area (Å²) in [6, 6.07) is 0.407. The van der Waals surface area contributed by atoms with Crippen molar-refractivity contribution in [1.82, 2.24) is 0 Å². The van der Waals surface area contributed by atoms with Gasteiger partial charge in [-0.1, -0.05) is 0 Å².